The second-order valence-electron chi connectivity index (χ2n) is 4.23. The summed E-state index contributed by atoms with van der Waals surface area (Å²) in [5, 5.41) is 13.6. The van der Waals surface area contributed by atoms with Crippen molar-refractivity contribution in [1.82, 2.24) is 25.2 Å². The number of ketones is 1. The highest BCUT2D eigenvalue weighted by atomic mass is 16.1. The van der Waals surface area contributed by atoms with Gasteiger partial charge >= 0.3 is 0 Å². The molecule has 0 unspecified atom stereocenters. The summed E-state index contributed by atoms with van der Waals surface area (Å²) in [6.07, 6.45) is 0. The zero-order valence-electron chi connectivity index (χ0n) is 10.7. The van der Waals surface area contributed by atoms with Gasteiger partial charge in [0.25, 0.3) is 5.56 Å². The molecule has 0 saturated heterocycles. The number of aromatic nitrogens is 5. The highest BCUT2D eigenvalue weighted by molar-refractivity contribution is 6.07. The van der Waals surface area contributed by atoms with Crippen LogP contribution in [0.15, 0.2) is 35.1 Å². The Bertz CT molecular complexity index is 836. The van der Waals surface area contributed by atoms with Gasteiger partial charge in [-0.25, -0.2) is 0 Å². The Balaban J connectivity index is 2.29. The van der Waals surface area contributed by atoms with Crippen LogP contribution < -0.4 is 5.56 Å². The Kier molecular flexibility index (Phi) is 2.86. The number of pyridine rings is 1. The fraction of sp³-hybridized carbons (Fsp3) is 0.154. The zero-order chi connectivity index (χ0) is 14.1. The van der Waals surface area contributed by atoms with Crippen molar-refractivity contribution >= 4 is 16.7 Å². The Morgan fingerprint density at radius 1 is 1.35 bits per heavy atom. The molecule has 2 heterocycles. The van der Waals surface area contributed by atoms with Gasteiger partial charge in [-0.2, -0.15) is 5.21 Å². The van der Waals surface area contributed by atoms with Gasteiger partial charge in [0.15, 0.2) is 0 Å². The summed E-state index contributed by atoms with van der Waals surface area (Å²) in [5.41, 5.74) is 0.498. The molecule has 0 radical (unpaired) electrons. The van der Waals surface area contributed by atoms with Gasteiger partial charge in [0.1, 0.15) is 0 Å². The third-order valence-electron chi connectivity index (χ3n) is 3.11. The number of aryl methyl sites for hydroxylation is 1. The summed E-state index contributed by atoms with van der Waals surface area (Å²) in [5.74, 6) is -0.642. The second-order valence-corrected chi connectivity index (χ2v) is 4.23. The SMILES string of the molecule is CCn1c(=O)c(C(=O)c2nn[nH]n2)cc2ccccc21. The molecule has 20 heavy (non-hydrogen) atoms. The Morgan fingerprint density at radius 3 is 2.85 bits per heavy atom. The quantitative estimate of drug-likeness (QED) is 0.709. The van der Waals surface area contributed by atoms with E-state index in [0.717, 1.165) is 10.9 Å². The number of nitrogens with one attached hydrogen (secondary N) is 1. The minimum absolute atomic E-state index is 0.0481. The second kappa shape index (κ2) is 4.69. The van der Waals surface area contributed by atoms with E-state index in [1.807, 2.05) is 31.2 Å². The number of benzene rings is 1. The number of rotatable bonds is 3. The van der Waals surface area contributed by atoms with Gasteiger partial charge in [-0.1, -0.05) is 18.2 Å². The maximum Gasteiger partial charge on any atom is 0.262 e. The predicted molar refractivity (Wildman–Crippen MR) is 71.5 cm³/mol. The van der Waals surface area contributed by atoms with Crippen LogP contribution in [0.1, 0.15) is 23.1 Å². The number of hydrogen-bond acceptors (Lipinski definition) is 5. The number of carbonyl (C=O) groups excluding carboxylic acids is 1. The number of H-pyrrole nitrogens is 1. The monoisotopic (exact) mass is 269 g/mol. The van der Waals surface area contributed by atoms with Crippen LogP contribution in [0.4, 0.5) is 0 Å². The first-order valence-electron chi connectivity index (χ1n) is 6.13. The van der Waals surface area contributed by atoms with Crippen LogP contribution in [-0.2, 0) is 6.54 Å². The first kappa shape index (κ1) is 12.2. The lowest BCUT2D eigenvalue weighted by Gasteiger charge is -2.09. The lowest BCUT2D eigenvalue weighted by Crippen LogP contribution is -2.27. The standard InChI is InChI=1S/C13H11N5O2/c1-2-18-10-6-4-3-5-8(10)7-9(13(18)20)11(19)12-14-16-17-15-12/h3-7H,2H2,1H3,(H,14,15,16,17). The molecule has 0 bridgehead atoms. The normalized spacial score (nSPS) is 10.8. The fourth-order valence-electron chi connectivity index (χ4n) is 2.18. The molecule has 0 aliphatic carbocycles. The van der Waals surface area contributed by atoms with Crippen molar-refractivity contribution in [2.75, 3.05) is 0 Å². The molecule has 1 N–H and O–H groups in total. The third kappa shape index (κ3) is 1.80. The number of hydrogen-bond donors (Lipinski definition) is 1. The van der Waals surface area contributed by atoms with Gasteiger partial charge in [0.05, 0.1) is 11.1 Å². The third-order valence-corrected chi connectivity index (χ3v) is 3.11. The van der Waals surface area contributed by atoms with E-state index in [2.05, 4.69) is 20.6 Å². The first-order chi connectivity index (χ1) is 9.72. The largest absolute Gasteiger partial charge is 0.308 e. The molecule has 0 atom stereocenters. The van der Waals surface area contributed by atoms with Gasteiger partial charge < -0.3 is 4.57 Å². The number of fused-ring (bicyclic) bond motifs is 1. The molecule has 3 rings (SSSR count). The van der Waals surface area contributed by atoms with E-state index in [0.29, 0.717) is 6.54 Å². The van der Waals surface area contributed by atoms with Crippen molar-refractivity contribution in [1.29, 1.82) is 0 Å². The van der Waals surface area contributed by atoms with Crippen LogP contribution in [0, 0.1) is 0 Å². The number of nitrogens with zero attached hydrogens (tertiary/aromatic N) is 4. The average molecular weight is 269 g/mol. The van der Waals surface area contributed by atoms with Crippen LogP contribution in [0.3, 0.4) is 0 Å². The predicted octanol–water partition coefficient (Wildman–Crippen LogP) is 0.765. The highest BCUT2D eigenvalue weighted by Crippen LogP contribution is 2.14. The summed E-state index contributed by atoms with van der Waals surface area (Å²) >= 11 is 0. The maximum atomic E-state index is 12.4. The number of aromatic amines is 1. The maximum absolute atomic E-state index is 12.4. The molecule has 2 aromatic heterocycles. The van der Waals surface area contributed by atoms with Crippen molar-refractivity contribution in [2.24, 2.45) is 0 Å². The van der Waals surface area contributed by atoms with Gasteiger partial charge in [0.2, 0.25) is 11.6 Å². The minimum atomic E-state index is -0.531. The summed E-state index contributed by atoms with van der Waals surface area (Å²) in [6, 6.07) is 8.99. The Hall–Kier alpha value is -2.83. The fourth-order valence-corrected chi connectivity index (χ4v) is 2.18. The van der Waals surface area contributed by atoms with Crippen molar-refractivity contribution in [2.45, 2.75) is 13.5 Å². The van der Waals surface area contributed by atoms with E-state index in [1.165, 1.54) is 0 Å². The van der Waals surface area contributed by atoms with Crippen molar-refractivity contribution < 1.29 is 4.79 Å². The number of para-hydroxylation sites is 1. The van der Waals surface area contributed by atoms with Gasteiger partial charge in [-0.3, -0.25) is 9.59 Å². The summed E-state index contributed by atoms with van der Waals surface area (Å²) < 4.78 is 1.56. The van der Waals surface area contributed by atoms with Crippen LogP contribution in [0.25, 0.3) is 10.9 Å². The van der Waals surface area contributed by atoms with Crippen LogP contribution in [0.5, 0.6) is 0 Å². The van der Waals surface area contributed by atoms with Crippen molar-refractivity contribution in [3.8, 4) is 0 Å². The van der Waals surface area contributed by atoms with E-state index in [1.54, 1.807) is 10.6 Å². The van der Waals surface area contributed by atoms with E-state index in [9.17, 15) is 9.59 Å². The van der Waals surface area contributed by atoms with Gasteiger partial charge in [-0.05, 0) is 29.7 Å². The van der Waals surface area contributed by atoms with Crippen LogP contribution in [-0.4, -0.2) is 31.0 Å². The van der Waals surface area contributed by atoms with Gasteiger partial charge in [0, 0.05) is 6.54 Å². The minimum Gasteiger partial charge on any atom is -0.308 e. The van der Waals surface area contributed by atoms with Crippen LogP contribution >= 0.6 is 0 Å². The molecule has 1 aromatic carbocycles. The smallest absolute Gasteiger partial charge is 0.262 e. The molecule has 0 amide bonds. The van der Waals surface area contributed by atoms with Gasteiger partial charge in [-0.15, -0.1) is 10.2 Å². The number of tetrazole rings is 1. The number of carbonyl (C=O) groups is 1. The Morgan fingerprint density at radius 2 is 2.15 bits per heavy atom. The lowest BCUT2D eigenvalue weighted by molar-refractivity contribution is 0.102. The summed E-state index contributed by atoms with van der Waals surface area (Å²) in [6.45, 7) is 2.34. The molecule has 7 heteroatoms. The summed E-state index contributed by atoms with van der Waals surface area (Å²) in [4.78, 5) is 24.6. The van der Waals surface area contributed by atoms with E-state index in [-0.39, 0.29) is 16.9 Å². The van der Waals surface area contributed by atoms with Crippen LogP contribution in [0.2, 0.25) is 0 Å². The molecular weight excluding hydrogens is 258 g/mol. The summed E-state index contributed by atoms with van der Waals surface area (Å²) in [7, 11) is 0. The highest BCUT2D eigenvalue weighted by Gasteiger charge is 2.19. The molecule has 0 aliphatic rings. The zero-order valence-corrected chi connectivity index (χ0v) is 10.7. The van der Waals surface area contributed by atoms with Crippen molar-refractivity contribution in [3.63, 3.8) is 0 Å². The van der Waals surface area contributed by atoms with Crippen molar-refractivity contribution in [3.05, 3.63) is 52.1 Å². The molecule has 3 aromatic rings. The van der Waals surface area contributed by atoms with E-state index < -0.39 is 5.78 Å². The first-order valence-corrected chi connectivity index (χ1v) is 6.13. The molecule has 100 valence electrons. The van der Waals surface area contributed by atoms with E-state index >= 15 is 0 Å². The van der Waals surface area contributed by atoms with E-state index in [4.69, 9.17) is 0 Å². The lowest BCUT2D eigenvalue weighted by atomic mass is 10.1. The average Bonchev–Trinajstić information content (AvgIpc) is 3.00. The molecule has 7 nitrogen and oxygen atoms in total. The molecule has 0 fully saturated rings. The molecular formula is C13H11N5O2. The Labute approximate surface area is 113 Å². The molecule has 0 saturated carbocycles. The molecule has 0 aliphatic heterocycles. The molecule has 0 spiro atoms. The topological polar surface area (TPSA) is 93.5 Å².